The van der Waals surface area contributed by atoms with Crippen LogP contribution in [0.3, 0.4) is 0 Å². The topological polar surface area (TPSA) is 98.7 Å². The number of nitrogens with zero attached hydrogens (tertiary/aromatic N) is 5. The molecule has 9 nitrogen and oxygen atoms in total. The van der Waals surface area contributed by atoms with Crippen molar-refractivity contribution in [2.75, 3.05) is 51.3 Å². The summed E-state index contributed by atoms with van der Waals surface area (Å²) in [7, 11) is -1.50. The summed E-state index contributed by atoms with van der Waals surface area (Å²) in [5, 5.41) is 3.48. The van der Waals surface area contributed by atoms with Crippen LogP contribution in [0.5, 0.6) is 0 Å². The van der Waals surface area contributed by atoms with Crippen molar-refractivity contribution in [2.24, 2.45) is 5.92 Å². The number of amides is 1. The molecule has 224 valence electrons. The smallest absolute Gasteiger partial charge is 0.272 e. The molecule has 2 aromatic rings. The minimum Gasteiger partial charge on any atom is -0.369 e. The van der Waals surface area contributed by atoms with Crippen LogP contribution in [0.2, 0.25) is 0 Å². The lowest BCUT2D eigenvalue weighted by molar-refractivity contribution is 0.0542. The van der Waals surface area contributed by atoms with Gasteiger partial charge < -0.3 is 15.1 Å². The van der Waals surface area contributed by atoms with Crippen molar-refractivity contribution in [2.45, 2.75) is 69.9 Å². The van der Waals surface area contributed by atoms with Gasteiger partial charge in [-0.05, 0) is 94.5 Å². The Hall–Kier alpha value is -2.63. The van der Waals surface area contributed by atoms with Gasteiger partial charge in [0.15, 0.2) is 0 Å². The van der Waals surface area contributed by atoms with Crippen LogP contribution in [-0.2, 0) is 10.0 Å². The van der Waals surface area contributed by atoms with E-state index in [9.17, 15) is 17.6 Å². The van der Waals surface area contributed by atoms with Crippen LogP contribution in [0.15, 0.2) is 30.6 Å². The molecule has 1 aliphatic carbocycles. The lowest BCUT2D eigenvalue weighted by Crippen LogP contribution is -2.52. The summed E-state index contributed by atoms with van der Waals surface area (Å²) < 4.78 is 38.6. The van der Waals surface area contributed by atoms with Crippen molar-refractivity contribution >= 4 is 21.7 Å². The number of anilines is 1. The minimum absolute atomic E-state index is 0.0443. The van der Waals surface area contributed by atoms with E-state index >= 15 is 0 Å². The average Bonchev–Trinajstić information content (AvgIpc) is 3.45. The van der Waals surface area contributed by atoms with Crippen LogP contribution in [0.4, 0.5) is 10.2 Å². The van der Waals surface area contributed by atoms with E-state index in [0.717, 1.165) is 70.1 Å². The Bertz CT molecular complexity index is 1310. The monoisotopic (exact) mass is 586 g/mol. The Balaban J connectivity index is 1.10. The number of carbonyl (C=O) groups excluding carboxylic acids is 1. The zero-order valence-corrected chi connectivity index (χ0v) is 25.2. The van der Waals surface area contributed by atoms with Gasteiger partial charge in [-0.25, -0.2) is 27.1 Å². The molecule has 1 N–H and O–H groups in total. The third kappa shape index (κ3) is 7.06. The standard InChI is InChI=1S/C30H43FN6O3S/c1-21-28(33-20-34-29(21)32-19-22-4-5-24(18-22)23-6-8-25(31)9-7-23)30(38)37-16-12-27(13-17-37)36-14-10-26(11-15-36)35(2)41(3,39)40/h6-9,20,22,24,26-27H,4-5,10-19H2,1-3H3,(H,32,33,34). The Kier molecular flexibility index (Phi) is 9.25. The summed E-state index contributed by atoms with van der Waals surface area (Å²) in [5.74, 6) is 1.42. The Morgan fingerprint density at radius 3 is 2.37 bits per heavy atom. The van der Waals surface area contributed by atoms with Crippen LogP contribution in [0.1, 0.15) is 72.5 Å². The van der Waals surface area contributed by atoms with Crippen molar-refractivity contribution < 1.29 is 17.6 Å². The highest BCUT2D eigenvalue weighted by molar-refractivity contribution is 7.88. The normalized spacial score (nSPS) is 23.3. The van der Waals surface area contributed by atoms with Crippen molar-refractivity contribution in [3.05, 3.63) is 53.2 Å². The second kappa shape index (κ2) is 12.7. The van der Waals surface area contributed by atoms with Gasteiger partial charge in [-0.1, -0.05) is 12.1 Å². The van der Waals surface area contributed by atoms with Gasteiger partial charge in [-0.3, -0.25) is 4.79 Å². The highest BCUT2D eigenvalue weighted by Crippen LogP contribution is 2.38. The van der Waals surface area contributed by atoms with E-state index in [0.29, 0.717) is 42.5 Å². The van der Waals surface area contributed by atoms with Gasteiger partial charge in [0.05, 0.1) is 6.26 Å². The van der Waals surface area contributed by atoms with Crippen molar-refractivity contribution in [3.8, 4) is 0 Å². The number of piperidine rings is 2. The molecule has 1 amide bonds. The highest BCUT2D eigenvalue weighted by atomic mass is 32.2. The van der Waals surface area contributed by atoms with Crippen LogP contribution < -0.4 is 5.32 Å². The third-order valence-electron chi connectivity index (χ3n) is 9.53. The number of benzene rings is 1. The van der Waals surface area contributed by atoms with Crippen molar-refractivity contribution in [1.29, 1.82) is 0 Å². The van der Waals surface area contributed by atoms with E-state index in [1.807, 2.05) is 24.0 Å². The van der Waals surface area contributed by atoms with E-state index in [-0.39, 0.29) is 17.8 Å². The van der Waals surface area contributed by atoms with Crippen LogP contribution in [0, 0.1) is 18.7 Å². The van der Waals surface area contributed by atoms with Crippen molar-refractivity contribution in [3.63, 3.8) is 0 Å². The predicted octanol–water partition coefficient (Wildman–Crippen LogP) is 3.88. The van der Waals surface area contributed by atoms with Crippen LogP contribution in [-0.4, -0.2) is 96.5 Å². The molecular formula is C30H43FN6O3S. The number of halogens is 1. The van der Waals surface area contributed by atoms with Crippen LogP contribution in [0.25, 0.3) is 0 Å². The number of hydrogen-bond acceptors (Lipinski definition) is 7. The fraction of sp³-hybridized carbons (Fsp3) is 0.633. The molecule has 3 heterocycles. The van der Waals surface area contributed by atoms with Gasteiger partial charge in [0, 0.05) is 44.3 Å². The first-order valence-corrected chi connectivity index (χ1v) is 16.7. The molecule has 2 atom stereocenters. The van der Waals surface area contributed by atoms with Crippen LogP contribution >= 0.6 is 0 Å². The molecule has 1 aromatic heterocycles. The lowest BCUT2D eigenvalue weighted by Gasteiger charge is -2.43. The molecule has 0 radical (unpaired) electrons. The Morgan fingerprint density at radius 1 is 1.02 bits per heavy atom. The number of sulfonamides is 1. The number of likely N-dealkylation sites (tertiary alicyclic amines) is 2. The molecule has 2 aliphatic heterocycles. The second-order valence-electron chi connectivity index (χ2n) is 12.1. The average molecular weight is 587 g/mol. The molecule has 2 saturated heterocycles. The molecule has 11 heteroatoms. The molecule has 1 saturated carbocycles. The summed E-state index contributed by atoms with van der Waals surface area (Å²) in [5.41, 5.74) is 2.44. The Labute approximate surface area is 243 Å². The zero-order chi connectivity index (χ0) is 29.1. The number of hydrogen-bond donors (Lipinski definition) is 1. The molecular weight excluding hydrogens is 543 g/mol. The Morgan fingerprint density at radius 2 is 1.71 bits per heavy atom. The van der Waals surface area contributed by atoms with Gasteiger partial charge in [0.25, 0.3) is 5.91 Å². The fourth-order valence-electron chi connectivity index (χ4n) is 6.85. The summed E-state index contributed by atoms with van der Waals surface area (Å²) >= 11 is 0. The largest absolute Gasteiger partial charge is 0.369 e. The third-order valence-corrected chi connectivity index (χ3v) is 10.9. The number of rotatable bonds is 8. The molecule has 41 heavy (non-hydrogen) atoms. The van der Waals surface area contributed by atoms with Gasteiger partial charge >= 0.3 is 0 Å². The van der Waals surface area contributed by atoms with Gasteiger partial charge in [0.1, 0.15) is 23.7 Å². The second-order valence-corrected chi connectivity index (χ2v) is 14.1. The first-order chi connectivity index (χ1) is 19.6. The maximum atomic E-state index is 13.5. The summed E-state index contributed by atoms with van der Waals surface area (Å²) in [6, 6.07) is 7.35. The molecule has 1 aromatic carbocycles. The zero-order valence-electron chi connectivity index (χ0n) is 24.4. The predicted molar refractivity (Wildman–Crippen MR) is 158 cm³/mol. The first kappa shape index (κ1) is 29.8. The quantitative estimate of drug-likeness (QED) is 0.501. The minimum atomic E-state index is -3.17. The van der Waals surface area contributed by atoms with E-state index in [1.165, 1.54) is 34.6 Å². The molecule has 3 fully saturated rings. The van der Waals surface area contributed by atoms with E-state index in [1.54, 1.807) is 7.05 Å². The fourth-order valence-corrected chi connectivity index (χ4v) is 7.60. The SMILES string of the molecule is Cc1c(NCC2CCC(c3ccc(F)cc3)C2)ncnc1C(=O)N1CCC(N2CCC(N(C)S(C)(=O)=O)CC2)CC1. The van der Waals surface area contributed by atoms with Crippen molar-refractivity contribution in [1.82, 2.24) is 24.1 Å². The highest BCUT2D eigenvalue weighted by Gasteiger charge is 2.33. The van der Waals surface area contributed by atoms with E-state index in [2.05, 4.69) is 20.2 Å². The number of nitrogens with one attached hydrogen (secondary N) is 1. The maximum absolute atomic E-state index is 13.5. The molecule has 2 unspecified atom stereocenters. The van der Waals surface area contributed by atoms with Gasteiger partial charge in [0.2, 0.25) is 10.0 Å². The molecule has 3 aliphatic rings. The summed E-state index contributed by atoms with van der Waals surface area (Å²) in [6.07, 6.45) is 9.49. The molecule has 0 spiro atoms. The van der Waals surface area contributed by atoms with E-state index < -0.39 is 10.0 Å². The first-order valence-electron chi connectivity index (χ1n) is 14.9. The summed E-state index contributed by atoms with van der Waals surface area (Å²) in [6.45, 7) is 5.84. The number of carbonyl (C=O) groups is 1. The summed E-state index contributed by atoms with van der Waals surface area (Å²) in [4.78, 5) is 26.6. The van der Waals surface area contributed by atoms with E-state index in [4.69, 9.17) is 0 Å². The van der Waals surface area contributed by atoms with Gasteiger partial charge in [-0.15, -0.1) is 0 Å². The number of aromatic nitrogens is 2. The molecule has 5 rings (SSSR count). The lowest BCUT2D eigenvalue weighted by atomic mass is 9.96. The maximum Gasteiger partial charge on any atom is 0.272 e. The molecule has 0 bridgehead atoms. The van der Waals surface area contributed by atoms with Gasteiger partial charge in [-0.2, -0.15) is 0 Å².